The molecule has 0 unspecified atom stereocenters. The third kappa shape index (κ3) is 6.75. The molecule has 0 bridgehead atoms. The van der Waals surface area contributed by atoms with Crippen LogP contribution in [-0.2, 0) is 29.0 Å². The Labute approximate surface area is 243 Å². The summed E-state index contributed by atoms with van der Waals surface area (Å²) in [6.07, 6.45) is -0.0860. The third-order valence-electron chi connectivity index (χ3n) is 7.16. The van der Waals surface area contributed by atoms with Crippen LogP contribution in [0.4, 0.5) is 4.79 Å². The number of aryl methyl sites for hydroxylation is 2. The molecular formula is C35H31NO6. The smallest absolute Gasteiger partial charge is 0.408 e. The van der Waals surface area contributed by atoms with Crippen LogP contribution < -0.4 is 15.7 Å². The first kappa shape index (κ1) is 28.4. The number of carbonyl (C=O) groups is 2. The molecule has 0 saturated heterocycles. The first-order valence-electron chi connectivity index (χ1n) is 13.7. The molecule has 5 rings (SSSR count). The van der Waals surface area contributed by atoms with Crippen LogP contribution in [-0.4, -0.2) is 18.1 Å². The highest BCUT2D eigenvalue weighted by atomic mass is 16.6. The fourth-order valence-electron chi connectivity index (χ4n) is 4.82. The summed E-state index contributed by atoms with van der Waals surface area (Å²) in [5, 5.41) is 3.42. The van der Waals surface area contributed by atoms with Gasteiger partial charge in [0.2, 0.25) is 0 Å². The lowest BCUT2D eigenvalue weighted by atomic mass is 9.98. The zero-order valence-electron chi connectivity index (χ0n) is 23.5. The first-order valence-corrected chi connectivity index (χ1v) is 13.7. The van der Waals surface area contributed by atoms with E-state index in [1.165, 1.54) is 0 Å². The van der Waals surface area contributed by atoms with Crippen LogP contribution >= 0.6 is 0 Å². The Morgan fingerprint density at radius 2 is 1.36 bits per heavy atom. The van der Waals surface area contributed by atoms with E-state index in [2.05, 4.69) is 5.32 Å². The summed E-state index contributed by atoms with van der Waals surface area (Å²) < 4.78 is 16.9. The lowest BCUT2D eigenvalue weighted by molar-refractivity contribution is -0.136. The molecule has 42 heavy (non-hydrogen) atoms. The number of hydrogen-bond donors (Lipinski definition) is 1. The van der Waals surface area contributed by atoms with Crippen LogP contribution in [0.1, 0.15) is 33.4 Å². The highest BCUT2D eigenvalue weighted by Crippen LogP contribution is 2.30. The highest BCUT2D eigenvalue weighted by Gasteiger charge is 2.26. The summed E-state index contributed by atoms with van der Waals surface area (Å²) >= 11 is 0. The van der Waals surface area contributed by atoms with Crippen LogP contribution in [0.3, 0.4) is 0 Å². The van der Waals surface area contributed by atoms with E-state index >= 15 is 0 Å². The van der Waals surface area contributed by atoms with E-state index in [9.17, 15) is 14.4 Å². The van der Waals surface area contributed by atoms with Crippen molar-refractivity contribution in [1.82, 2.24) is 5.32 Å². The minimum absolute atomic E-state index is 0.0637. The molecule has 0 aliphatic heterocycles. The molecule has 5 aromatic rings. The summed E-state index contributed by atoms with van der Waals surface area (Å²) in [7, 11) is 0. The standard InChI is InChI=1S/C35H31NO6/c1-23-28-18-19-31(24(2)32(28)42-33(37)29(23)20-25-12-6-3-7-13-25)41-34(38)30(21-26-14-8-4-9-15-26)36-35(39)40-22-27-16-10-5-11-17-27/h3-19,30H,20-22H2,1-2H3,(H,36,39)/t30-/m1/s1. The summed E-state index contributed by atoms with van der Waals surface area (Å²) in [5.74, 6) is -0.430. The van der Waals surface area contributed by atoms with Gasteiger partial charge in [0.15, 0.2) is 0 Å². The van der Waals surface area contributed by atoms with Gasteiger partial charge >= 0.3 is 17.7 Å². The number of amides is 1. The number of alkyl carbamates (subject to hydrolysis) is 1. The van der Waals surface area contributed by atoms with Crippen molar-refractivity contribution in [3.8, 4) is 5.75 Å². The maximum Gasteiger partial charge on any atom is 0.408 e. The summed E-state index contributed by atoms with van der Waals surface area (Å²) in [5.41, 5.74) is 4.51. The second-order valence-electron chi connectivity index (χ2n) is 10.1. The average Bonchev–Trinajstić information content (AvgIpc) is 3.01. The number of nitrogens with one attached hydrogen (secondary N) is 1. The van der Waals surface area contributed by atoms with Gasteiger partial charge in [0.05, 0.1) is 0 Å². The molecule has 0 aliphatic carbocycles. The minimum Gasteiger partial charge on any atom is -0.445 e. The largest absolute Gasteiger partial charge is 0.445 e. The third-order valence-corrected chi connectivity index (χ3v) is 7.16. The number of fused-ring (bicyclic) bond motifs is 1. The van der Waals surface area contributed by atoms with E-state index in [0.717, 1.165) is 27.6 Å². The van der Waals surface area contributed by atoms with Gasteiger partial charge in [-0.25, -0.2) is 14.4 Å². The second-order valence-corrected chi connectivity index (χ2v) is 10.1. The molecule has 0 fully saturated rings. The number of ether oxygens (including phenoxy) is 2. The maximum atomic E-state index is 13.4. The number of hydrogen-bond acceptors (Lipinski definition) is 6. The maximum absolute atomic E-state index is 13.4. The summed E-state index contributed by atoms with van der Waals surface area (Å²) in [6.45, 7) is 3.69. The summed E-state index contributed by atoms with van der Waals surface area (Å²) in [6, 6.07) is 30.8. The molecule has 0 radical (unpaired) electrons. The van der Waals surface area contributed by atoms with Crippen LogP contribution in [0.25, 0.3) is 11.0 Å². The van der Waals surface area contributed by atoms with Crippen LogP contribution in [0, 0.1) is 13.8 Å². The average molecular weight is 562 g/mol. The van der Waals surface area contributed by atoms with Gasteiger partial charge in [-0.1, -0.05) is 91.0 Å². The Morgan fingerprint density at radius 3 is 2.00 bits per heavy atom. The molecule has 7 heteroatoms. The molecule has 212 valence electrons. The van der Waals surface area contributed by atoms with Crippen molar-refractivity contribution in [2.75, 3.05) is 0 Å². The SMILES string of the molecule is Cc1c(Cc2ccccc2)c(=O)oc2c(C)c(OC(=O)[C@@H](Cc3ccccc3)NC(=O)OCc3ccccc3)ccc12. The van der Waals surface area contributed by atoms with E-state index in [0.29, 0.717) is 23.1 Å². The van der Waals surface area contributed by atoms with Crippen molar-refractivity contribution in [3.05, 3.63) is 147 Å². The van der Waals surface area contributed by atoms with Gasteiger partial charge in [0, 0.05) is 29.4 Å². The molecule has 1 amide bonds. The van der Waals surface area contributed by atoms with Gasteiger partial charge in [-0.15, -0.1) is 0 Å². The van der Waals surface area contributed by atoms with E-state index in [4.69, 9.17) is 13.9 Å². The predicted octanol–water partition coefficient (Wildman–Crippen LogP) is 6.44. The van der Waals surface area contributed by atoms with Gasteiger partial charge in [-0.3, -0.25) is 0 Å². The van der Waals surface area contributed by atoms with Gasteiger partial charge < -0.3 is 19.2 Å². The molecular weight excluding hydrogens is 530 g/mol. The van der Waals surface area contributed by atoms with E-state index in [1.807, 2.05) is 97.9 Å². The molecule has 1 aromatic heterocycles. The Morgan fingerprint density at radius 1 is 0.762 bits per heavy atom. The number of carbonyl (C=O) groups excluding carboxylic acids is 2. The van der Waals surface area contributed by atoms with Crippen LogP contribution in [0.5, 0.6) is 5.75 Å². The lowest BCUT2D eigenvalue weighted by Crippen LogP contribution is -2.44. The zero-order chi connectivity index (χ0) is 29.5. The molecule has 1 N–H and O–H groups in total. The molecule has 4 aromatic carbocycles. The number of rotatable bonds is 9. The molecule has 1 heterocycles. The van der Waals surface area contributed by atoms with Crippen molar-refractivity contribution in [1.29, 1.82) is 0 Å². The normalized spacial score (nSPS) is 11.6. The lowest BCUT2D eigenvalue weighted by Gasteiger charge is -2.19. The topological polar surface area (TPSA) is 94.8 Å². The first-order chi connectivity index (χ1) is 20.4. The molecule has 1 atom stereocenters. The van der Waals surface area contributed by atoms with Crippen molar-refractivity contribution in [2.24, 2.45) is 0 Å². The Balaban J connectivity index is 1.37. The Hall–Kier alpha value is -5.17. The Kier molecular flexibility index (Phi) is 8.78. The van der Waals surface area contributed by atoms with E-state index in [-0.39, 0.29) is 18.8 Å². The molecule has 0 spiro atoms. The van der Waals surface area contributed by atoms with Crippen LogP contribution in [0.15, 0.2) is 112 Å². The van der Waals surface area contributed by atoms with Gasteiger partial charge in [-0.05, 0) is 48.2 Å². The molecule has 0 saturated carbocycles. The van der Waals surface area contributed by atoms with Crippen molar-refractivity contribution in [3.63, 3.8) is 0 Å². The van der Waals surface area contributed by atoms with Crippen molar-refractivity contribution in [2.45, 2.75) is 39.3 Å². The highest BCUT2D eigenvalue weighted by molar-refractivity contribution is 5.88. The molecule has 7 nitrogen and oxygen atoms in total. The Bertz CT molecular complexity index is 1750. The van der Waals surface area contributed by atoms with E-state index < -0.39 is 23.7 Å². The van der Waals surface area contributed by atoms with Crippen molar-refractivity contribution < 1.29 is 23.5 Å². The van der Waals surface area contributed by atoms with Gasteiger partial charge in [0.1, 0.15) is 24.0 Å². The summed E-state index contributed by atoms with van der Waals surface area (Å²) in [4.78, 5) is 39.1. The number of esters is 1. The van der Waals surface area contributed by atoms with Crippen LogP contribution in [0.2, 0.25) is 0 Å². The van der Waals surface area contributed by atoms with Gasteiger partial charge in [0.25, 0.3) is 0 Å². The van der Waals surface area contributed by atoms with Gasteiger partial charge in [-0.2, -0.15) is 0 Å². The monoisotopic (exact) mass is 561 g/mol. The second kappa shape index (κ2) is 13.0. The molecule has 0 aliphatic rings. The quantitative estimate of drug-likeness (QED) is 0.126. The predicted molar refractivity (Wildman–Crippen MR) is 161 cm³/mol. The zero-order valence-corrected chi connectivity index (χ0v) is 23.5. The minimum atomic E-state index is -1.02. The van der Waals surface area contributed by atoms with Crippen molar-refractivity contribution >= 4 is 23.0 Å². The fourth-order valence-corrected chi connectivity index (χ4v) is 4.82. The number of benzene rings is 4. The van der Waals surface area contributed by atoms with E-state index in [1.54, 1.807) is 19.1 Å². The fraction of sp³-hybridized carbons (Fsp3) is 0.171.